The number of carboxylic acids is 1. The van der Waals surface area contributed by atoms with Gasteiger partial charge in [0.05, 0.1) is 6.61 Å². The van der Waals surface area contributed by atoms with Crippen LogP contribution in [0.3, 0.4) is 0 Å². The van der Waals surface area contributed by atoms with Crippen LogP contribution in [0.4, 0.5) is 0 Å². The molecule has 0 atom stereocenters. The van der Waals surface area contributed by atoms with E-state index < -0.39 is 11.5 Å². The second-order valence-electron chi connectivity index (χ2n) is 3.81. The molecule has 1 aromatic rings. The predicted octanol–water partition coefficient (Wildman–Crippen LogP) is 0.662. The molecule has 88 valence electrons. The summed E-state index contributed by atoms with van der Waals surface area (Å²) in [4.78, 5) is 22.6. The summed E-state index contributed by atoms with van der Waals surface area (Å²) in [6, 6.07) is 2.93. The van der Waals surface area contributed by atoms with Crippen molar-refractivity contribution in [3.63, 3.8) is 0 Å². The fraction of sp³-hybridized carbons (Fsp3) is 0.455. The summed E-state index contributed by atoms with van der Waals surface area (Å²) in [5.74, 6) is -1.14. The summed E-state index contributed by atoms with van der Waals surface area (Å²) in [7, 11) is 0. The summed E-state index contributed by atoms with van der Waals surface area (Å²) < 4.78 is 1.31. The van der Waals surface area contributed by atoms with Gasteiger partial charge in [0, 0.05) is 12.2 Å². The van der Waals surface area contributed by atoms with E-state index in [1.807, 2.05) is 13.8 Å². The van der Waals surface area contributed by atoms with E-state index in [1.165, 1.54) is 10.6 Å². The molecule has 5 heteroatoms. The van der Waals surface area contributed by atoms with Crippen LogP contribution < -0.4 is 5.56 Å². The van der Waals surface area contributed by atoms with Crippen LogP contribution in [0.15, 0.2) is 16.9 Å². The molecule has 16 heavy (non-hydrogen) atoms. The van der Waals surface area contributed by atoms with Crippen LogP contribution in [0.25, 0.3) is 0 Å². The third kappa shape index (κ3) is 2.30. The minimum absolute atomic E-state index is 0.0992. The summed E-state index contributed by atoms with van der Waals surface area (Å²) >= 11 is 0. The molecule has 0 spiro atoms. The highest BCUT2D eigenvalue weighted by Crippen LogP contribution is 2.12. The van der Waals surface area contributed by atoms with E-state index >= 15 is 0 Å². The number of carboxylic acid groups (broad SMARTS) is 1. The Hall–Kier alpha value is -1.62. The molecule has 1 aromatic heterocycles. The molecule has 0 amide bonds. The second kappa shape index (κ2) is 4.94. The van der Waals surface area contributed by atoms with Crippen molar-refractivity contribution in [1.29, 1.82) is 0 Å². The van der Waals surface area contributed by atoms with Crippen molar-refractivity contribution in [2.45, 2.75) is 26.3 Å². The molecule has 0 saturated carbocycles. The van der Waals surface area contributed by atoms with Crippen molar-refractivity contribution in [2.24, 2.45) is 0 Å². The van der Waals surface area contributed by atoms with Crippen LogP contribution in [-0.2, 0) is 6.54 Å². The van der Waals surface area contributed by atoms with E-state index in [0.717, 1.165) is 5.69 Å². The number of aromatic carboxylic acids is 1. The minimum atomic E-state index is -1.24. The van der Waals surface area contributed by atoms with Gasteiger partial charge in [0.1, 0.15) is 5.56 Å². The van der Waals surface area contributed by atoms with Gasteiger partial charge in [0.25, 0.3) is 5.56 Å². The van der Waals surface area contributed by atoms with E-state index in [9.17, 15) is 9.59 Å². The Balaban J connectivity index is 3.42. The van der Waals surface area contributed by atoms with Crippen LogP contribution in [0.5, 0.6) is 0 Å². The van der Waals surface area contributed by atoms with E-state index in [0.29, 0.717) is 0 Å². The van der Waals surface area contributed by atoms with Gasteiger partial charge in [-0.15, -0.1) is 0 Å². The van der Waals surface area contributed by atoms with Crippen LogP contribution >= 0.6 is 0 Å². The Kier molecular flexibility index (Phi) is 3.84. The number of hydrogen-bond donors (Lipinski definition) is 2. The van der Waals surface area contributed by atoms with Gasteiger partial charge in [-0.2, -0.15) is 0 Å². The minimum Gasteiger partial charge on any atom is -0.477 e. The first-order valence-corrected chi connectivity index (χ1v) is 5.07. The molecule has 0 radical (unpaired) electrons. The molecule has 0 unspecified atom stereocenters. The molecule has 0 aliphatic rings. The maximum absolute atomic E-state index is 11.8. The summed E-state index contributed by atoms with van der Waals surface area (Å²) in [6.45, 7) is 3.74. The maximum Gasteiger partial charge on any atom is 0.341 e. The van der Waals surface area contributed by atoms with Crippen molar-refractivity contribution >= 4 is 5.97 Å². The lowest BCUT2D eigenvalue weighted by atomic mass is 10.1. The predicted molar refractivity (Wildman–Crippen MR) is 58.8 cm³/mol. The topological polar surface area (TPSA) is 79.5 Å². The zero-order valence-electron chi connectivity index (χ0n) is 9.30. The zero-order chi connectivity index (χ0) is 12.3. The molecule has 0 fully saturated rings. The van der Waals surface area contributed by atoms with E-state index in [4.69, 9.17) is 10.2 Å². The van der Waals surface area contributed by atoms with Crippen LogP contribution in [0, 0.1) is 0 Å². The zero-order valence-corrected chi connectivity index (χ0v) is 9.30. The molecule has 0 aromatic carbocycles. The molecular weight excluding hydrogens is 210 g/mol. The molecule has 0 aliphatic carbocycles. The molecule has 5 nitrogen and oxygen atoms in total. The average Bonchev–Trinajstić information content (AvgIpc) is 2.20. The van der Waals surface area contributed by atoms with Gasteiger partial charge in [-0.25, -0.2) is 4.79 Å². The fourth-order valence-electron chi connectivity index (χ4n) is 1.59. The van der Waals surface area contributed by atoms with Gasteiger partial charge < -0.3 is 14.8 Å². The van der Waals surface area contributed by atoms with E-state index in [2.05, 4.69) is 0 Å². The monoisotopic (exact) mass is 225 g/mol. The molecule has 0 bridgehead atoms. The summed E-state index contributed by atoms with van der Waals surface area (Å²) in [5, 5.41) is 17.7. The average molecular weight is 225 g/mol. The molecule has 2 N–H and O–H groups in total. The number of carbonyl (C=O) groups is 1. The maximum atomic E-state index is 11.8. The van der Waals surface area contributed by atoms with E-state index in [1.54, 1.807) is 6.07 Å². The summed E-state index contributed by atoms with van der Waals surface area (Å²) in [6.07, 6.45) is 0. The lowest BCUT2D eigenvalue weighted by Crippen LogP contribution is -2.30. The Bertz CT molecular complexity index is 448. The van der Waals surface area contributed by atoms with Crippen LogP contribution in [-0.4, -0.2) is 27.4 Å². The van der Waals surface area contributed by atoms with Gasteiger partial charge in [0.2, 0.25) is 0 Å². The van der Waals surface area contributed by atoms with Crippen molar-refractivity contribution in [3.05, 3.63) is 33.7 Å². The Morgan fingerprint density at radius 2 is 2.06 bits per heavy atom. The van der Waals surface area contributed by atoms with Gasteiger partial charge in [0.15, 0.2) is 0 Å². The standard InChI is InChI=1S/C11H15NO4/c1-7(2)9-4-3-8(11(15)16)10(14)12(9)5-6-13/h3-4,7,13H,5-6H2,1-2H3,(H,15,16). The molecule has 0 aliphatic heterocycles. The SMILES string of the molecule is CC(C)c1ccc(C(=O)O)c(=O)n1CCO. The van der Waals surface area contributed by atoms with Gasteiger partial charge in [-0.05, 0) is 18.1 Å². The van der Waals surface area contributed by atoms with Crippen molar-refractivity contribution in [2.75, 3.05) is 6.61 Å². The number of aliphatic hydroxyl groups excluding tert-OH is 1. The highest BCUT2D eigenvalue weighted by Gasteiger charge is 2.14. The number of pyridine rings is 1. The number of nitrogens with zero attached hydrogens (tertiary/aromatic N) is 1. The van der Waals surface area contributed by atoms with Gasteiger partial charge in [-0.1, -0.05) is 13.8 Å². The number of rotatable bonds is 4. The van der Waals surface area contributed by atoms with Gasteiger partial charge in [-0.3, -0.25) is 4.79 Å². The largest absolute Gasteiger partial charge is 0.477 e. The highest BCUT2D eigenvalue weighted by atomic mass is 16.4. The van der Waals surface area contributed by atoms with E-state index in [-0.39, 0.29) is 24.6 Å². The van der Waals surface area contributed by atoms with Crippen LogP contribution in [0.1, 0.15) is 35.8 Å². The molecule has 1 rings (SSSR count). The van der Waals surface area contributed by atoms with Crippen molar-refractivity contribution in [1.82, 2.24) is 4.57 Å². The van der Waals surface area contributed by atoms with Crippen LogP contribution in [0.2, 0.25) is 0 Å². The smallest absolute Gasteiger partial charge is 0.341 e. The first-order chi connectivity index (χ1) is 7.49. The third-order valence-corrected chi connectivity index (χ3v) is 2.35. The molecule has 0 saturated heterocycles. The molecule has 1 heterocycles. The van der Waals surface area contributed by atoms with Crippen molar-refractivity contribution in [3.8, 4) is 0 Å². The fourth-order valence-corrected chi connectivity index (χ4v) is 1.59. The molecular formula is C11H15NO4. The number of aliphatic hydroxyl groups is 1. The Morgan fingerprint density at radius 1 is 1.44 bits per heavy atom. The lowest BCUT2D eigenvalue weighted by Gasteiger charge is -2.15. The second-order valence-corrected chi connectivity index (χ2v) is 3.81. The summed E-state index contributed by atoms with van der Waals surface area (Å²) in [5.41, 5.74) is -0.102. The quantitative estimate of drug-likeness (QED) is 0.789. The lowest BCUT2D eigenvalue weighted by molar-refractivity contribution is 0.0693. The normalized spacial score (nSPS) is 10.8. The first-order valence-electron chi connectivity index (χ1n) is 5.07. The van der Waals surface area contributed by atoms with Gasteiger partial charge >= 0.3 is 5.97 Å². The third-order valence-electron chi connectivity index (χ3n) is 2.35. The number of hydrogen-bond acceptors (Lipinski definition) is 3. The number of aromatic nitrogens is 1. The Morgan fingerprint density at radius 3 is 2.50 bits per heavy atom. The first kappa shape index (κ1) is 12.4. The Labute approximate surface area is 93.0 Å². The van der Waals surface area contributed by atoms with Crippen molar-refractivity contribution < 1.29 is 15.0 Å². The highest BCUT2D eigenvalue weighted by molar-refractivity contribution is 5.87.